The molecule has 4 aliphatic rings. The molecule has 3 nitrogen and oxygen atoms in total. The van der Waals surface area contributed by atoms with Crippen LogP contribution in [0.4, 0.5) is 0 Å². The Labute approximate surface area is 172 Å². The number of aliphatic hydroxyl groups is 1. The fourth-order valence-corrected chi connectivity index (χ4v) is 8.06. The van der Waals surface area contributed by atoms with Gasteiger partial charge in [0.25, 0.3) is 0 Å². The van der Waals surface area contributed by atoms with Crippen molar-refractivity contribution in [3.63, 3.8) is 0 Å². The number of hydrogen-bond acceptors (Lipinski definition) is 3. The van der Waals surface area contributed by atoms with Crippen molar-refractivity contribution in [3.8, 4) is 0 Å². The normalized spacial score (nSPS) is 48.5. The maximum atomic E-state index is 11.9. The number of rotatable bonds is 2. The molecule has 4 rings (SSSR count). The second-order valence-electron chi connectivity index (χ2n) is 11.1. The number of hydrogen-bond donors (Lipinski definition) is 1. The summed E-state index contributed by atoms with van der Waals surface area (Å²) in [6, 6.07) is 0. The Hall–Kier alpha value is -1.09. The predicted molar refractivity (Wildman–Crippen MR) is 117 cm³/mol. The van der Waals surface area contributed by atoms with Gasteiger partial charge in [0.05, 0.1) is 5.71 Å². The molecule has 0 radical (unpaired) electrons. The van der Waals surface area contributed by atoms with Crippen LogP contribution < -0.4 is 0 Å². The molecule has 156 valence electrons. The topological polar surface area (TPSA) is 35.8 Å². The van der Waals surface area contributed by atoms with Crippen molar-refractivity contribution in [3.05, 3.63) is 23.8 Å². The average Bonchev–Trinajstić information content (AvgIpc) is 2.89. The van der Waals surface area contributed by atoms with Gasteiger partial charge in [-0.3, -0.25) is 0 Å². The Morgan fingerprint density at radius 3 is 2.54 bits per heavy atom. The average molecular weight is 385 g/mol. The summed E-state index contributed by atoms with van der Waals surface area (Å²) < 4.78 is 0. The summed E-state index contributed by atoms with van der Waals surface area (Å²) in [5, 5.41) is 18.4. The summed E-state index contributed by atoms with van der Waals surface area (Å²) in [4.78, 5) is 0. The molecule has 3 fully saturated rings. The molecule has 0 aromatic heterocycles. The predicted octanol–water partition coefficient (Wildman–Crippen LogP) is 5.42. The molecular formula is C25H40N2O. The van der Waals surface area contributed by atoms with E-state index in [1.807, 2.05) is 26.0 Å². The highest BCUT2D eigenvalue weighted by Gasteiger charge is 2.65. The van der Waals surface area contributed by atoms with Crippen LogP contribution in [0, 0.1) is 34.5 Å². The van der Waals surface area contributed by atoms with Gasteiger partial charge < -0.3 is 10.1 Å². The summed E-state index contributed by atoms with van der Waals surface area (Å²) in [5.41, 5.74) is 3.43. The van der Waals surface area contributed by atoms with Crippen molar-refractivity contribution in [2.45, 2.75) is 78.2 Å². The molecule has 3 saturated carbocycles. The van der Waals surface area contributed by atoms with Gasteiger partial charge in [0, 0.05) is 19.5 Å². The van der Waals surface area contributed by atoms with Crippen molar-refractivity contribution in [1.29, 1.82) is 0 Å². The molecule has 7 atom stereocenters. The van der Waals surface area contributed by atoms with E-state index in [1.165, 1.54) is 24.8 Å². The zero-order valence-corrected chi connectivity index (χ0v) is 18.9. The molecular weight excluding hydrogens is 344 g/mol. The lowest BCUT2D eigenvalue weighted by atomic mass is 9.44. The summed E-state index contributed by atoms with van der Waals surface area (Å²) in [6.07, 6.45) is 10.5. The Morgan fingerprint density at radius 1 is 1.18 bits per heavy atom. The summed E-state index contributed by atoms with van der Waals surface area (Å²) in [5.74, 6) is 2.73. The van der Waals surface area contributed by atoms with Gasteiger partial charge in [0.2, 0.25) is 0 Å². The first-order valence-electron chi connectivity index (χ1n) is 11.4. The van der Waals surface area contributed by atoms with Gasteiger partial charge in [-0.15, -0.1) is 0 Å². The fraction of sp³-hybridized carbons (Fsp3) is 0.800. The lowest BCUT2D eigenvalue weighted by Gasteiger charge is -2.60. The maximum Gasteiger partial charge on any atom is 0.110 e. The first-order chi connectivity index (χ1) is 13.0. The number of allylic oxidation sites excluding steroid dienone is 3. The van der Waals surface area contributed by atoms with E-state index in [-0.39, 0.29) is 5.41 Å². The molecule has 0 bridgehead atoms. The first kappa shape index (κ1) is 20.2. The minimum Gasteiger partial charge on any atom is -0.383 e. The third-order valence-corrected chi connectivity index (χ3v) is 9.50. The number of fused-ring (bicyclic) bond motifs is 5. The van der Waals surface area contributed by atoms with Gasteiger partial charge in [0.1, 0.15) is 5.60 Å². The quantitative estimate of drug-likeness (QED) is 0.510. The minimum atomic E-state index is -0.756. The fourth-order valence-electron chi connectivity index (χ4n) is 8.06. The van der Waals surface area contributed by atoms with Gasteiger partial charge in [-0.2, -0.15) is 5.10 Å². The molecule has 0 aliphatic heterocycles. The molecule has 0 spiro atoms. The molecule has 1 N–H and O–H groups in total. The summed E-state index contributed by atoms with van der Waals surface area (Å²) in [7, 11) is 3.90. The first-order valence-corrected chi connectivity index (χ1v) is 11.4. The van der Waals surface area contributed by atoms with E-state index < -0.39 is 5.60 Å². The second kappa shape index (κ2) is 6.45. The van der Waals surface area contributed by atoms with Crippen LogP contribution in [0.5, 0.6) is 0 Å². The van der Waals surface area contributed by atoms with E-state index in [4.69, 9.17) is 0 Å². The Bertz CT molecular complexity index is 737. The highest BCUT2D eigenvalue weighted by molar-refractivity contribution is 5.91. The Morgan fingerprint density at radius 2 is 1.86 bits per heavy atom. The van der Waals surface area contributed by atoms with E-state index in [0.29, 0.717) is 17.3 Å². The minimum absolute atomic E-state index is 0.0483. The molecule has 0 saturated heterocycles. The van der Waals surface area contributed by atoms with E-state index in [2.05, 4.69) is 38.5 Å². The summed E-state index contributed by atoms with van der Waals surface area (Å²) in [6.45, 7) is 13.7. The van der Waals surface area contributed by atoms with E-state index in [9.17, 15) is 5.11 Å². The van der Waals surface area contributed by atoms with Crippen LogP contribution in [0.2, 0.25) is 0 Å². The van der Waals surface area contributed by atoms with Crippen molar-refractivity contribution < 1.29 is 5.11 Å². The van der Waals surface area contributed by atoms with E-state index >= 15 is 0 Å². The van der Waals surface area contributed by atoms with Gasteiger partial charge >= 0.3 is 0 Å². The highest BCUT2D eigenvalue weighted by Crippen LogP contribution is 2.68. The monoisotopic (exact) mass is 384 g/mol. The molecule has 28 heavy (non-hydrogen) atoms. The van der Waals surface area contributed by atoms with Gasteiger partial charge in [-0.1, -0.05) is 44.6 Å². The Balaban J connectivity index is 1.70. The van der Waals surface area contributed by atoms with Crippen molar-refractivity contribution >= 4 is 5.71 Å². The molecule has 0 amide bonds. The lowest BCUT2D eigenvalue weighted by Crippen LogP contribution is -2.57. The third kappa shape index (κ3) is 2.61. The van der Waals surface area contributed by atoms with Gasteiger partial charge in [-0.25, -0.2) is 0 Å². The van der Waals surface area contributed by atoms with Crippen LogP contribution in [0.15, 0.2) is 28.9 Å². The molecule has 0 aromatic rings. The second-order valence-corrected chi connectivity index (χ2v) is 11.1. The molecule has 0 heterocycles. The summed E-state index contributed by atoms with van der Waals surface area (Å²) >= 11 is 0. The number of hydrazone groups is 1. The lowest BCUT2D eigenvalue weighted by molar-refractivity contribution is -0.101. The number of nitrogens with zero attached hydrogens (tertiary/aromatic N) is 2. The van der Waals surface area contributed by atoms with E-state index in [0.717, 1.165) is 43.2 Å². The van der Waals surface area contributed by atoms with Crippen LogP contribution in [0.25, 0.3) is 0 Å². The zero-order valence-electron chi connectivity index (χ0n) is 18.9. The van der Waals surface area contributed by atoms with Gasteiger partial charge in [0.15, 0.2) is 0 Å². The Kier molecular flexibility index (Phi) is 4.65. The molecule has 3 heteroatoms. The SMILES string of the molecule is C=C1C=C2[C@@H](C)C[C@@H]3[C@H](CC[C@@]4(C)[C@H]3CC[C@]4(O)C(C)=NN(C)C)[C@@]2(C)CC1. The van der Waals surface area contributed by atoms with E-state index in [1.54, 1.807) is 5.57 Å². The van der Waals surface area contributed by atoms with Crippen LogP contribution >= 0.6 is 0 Å². The van der Waals surface area contributed by atoms with Crippen LogP contribution in [0.3, 0.4) is 0 Å². The van der Waals surface area contributed by atoms with Crippen LogP contribution in [-0.4, -0.2) is 35.5 Å². The highest BCUT2D eigenvalue weighted by atomic mass is 16.3. The van der Waals surface area contributed by atoms with Crippen molar-refractivity contribution in [1.82, 2.24) is 5.01 Å². The van der Waals surface area contributed by atoms with Crippen LogP contribution in [-0.2, 0) is 0 Å². The van der Waals surface area contributed by atoms with Crippen molar-refractivity contribution in [2.75, 3.05) is 14.1 Å². The third-order valence-electron chi connectivity index (χ3n) is 9.50. The smallest absolute Gasteiger partial charge is 0.110 e. The maximum absolute atomic E-state index is 11.9. The molecule has 0 aromatic carbocycles. The van der Waals surface area contributed by atoms with Crippen LogP contribution in [0.1, 0.15) is 72.6 Å². The van der Waals surface area contributed by atoms with Gasteiger partial charge in [-0.05, 0) is 81.0 Å². The molecule has 4 aliphatic carbocycles. The zero-order chi connectivity index (χ0) is 20.5. The van der Waals surface area contributed by atoms with Crippen molar-refractivity contribution in [2.24, 2.45) is 39.6 Å². The standard InChI is InChI=1S/C25H40N2O/c1-16-8-11-23(4)20-9-12-24(5)21(19(20)15-17(2)22(23)14-16)10-13-25(24,28)18(3)26-27(6)7/h14,17,19-21,28H,1,8-13,15H2,2-7H3/t17-,19+,20-,21-,23+,24-,25-/m0/s1. The largest absolute Gasteiger partial charge is 0.383 e. The molecule has 0 unspecified atom stereocenters.